The van der Waals surface area contributed by atoms with Crippen LogP contribution in [0.5, 0.6) is 0 Å². The number of morpholine rings is 1. The Balaban J connectivity index is 1.52. The van der Waals surface area contributed by atoms with E-state index in [9.17, 15) is 24.3 Å². The highest BCUT2D eigenvalue weighted by Gasteiger charge is 2.44. The van der Waals surface area contributed by atoms with Crippen molar-refractivity contribution in [3.05, 3.63) is 48.0 Å². The molecular formula is C22H25N3O7. The number of nitrogens with zero attached hydrogens (tertiary/aromatic N) is 1. The number of benzene rings is 1. The molecule has 1 aromatic carbocycles. The van der Waals surface area contributed by atoms with Gasteiger partial charge in [-0.2, -0.15) is 0 Å². The van der Waals surface area contributed by atoms with Crippen molar-refractivity contribution in [2.45, 2.75) is 49.7 Å². The summed E-state index contributed by atoms with van der Waals surface area (Å²) in [7, 11) is 0. The van der Waals surface area contributed by atoms with Crippen molar-refractivity contribution in [3.63, 3.8) is 0 Å². The largest absolute Gasteiger partial charge is 0.434 e. The molecule has 3 aliphatic heterocycles. The highest BCUT2D eigenvalue weighted by molar-refractivity contribution is 5.98. The van der Waals surface area contributed by atoms with Crippen molar-refractivity contribution in [1.82, 2.24) is 15.5 Å². The first-order valence-corrected chi connectivity index (χ1v) is 10.5. The number of rotatable bonds is 4. The second-order valence-corrected chi connectivity index (χ2v) is 7.99. The summed E-state index contributed by atoms with van der Waals surface area (Å²) in [4.78, 5) is 52.0. The SMILES string of the molecule is O=C1CC(NC(=O)[C@@H]2COC[C@@H]3CC=CC[C@H](NC(=O)c4ccccc4)C(=O)N32)C(O)O1. The van der Waals surface area contributed by atoms with Gasteiger partial charge >= 0.3 is 5.97 Å². The van der Waals surface area contributed by atoms with Crippen LogP contribution < -0.4 is 10.6 Å². The number of nitrogens with one attached hydrogen (secondary N) is 2. The minimum absolute atomic E-state index is 0.0330. The van der Waals surface area contributed by atoms with Crippen molar-refractivity contribution >= 4 is 23.7 Å². The van der Waals surface area contributed by atoms with Gasteiger partial charge in [0.25, 0.3) is 5.91 Å². The molecule has 0 saturated carbocycles. The van der Waals surface area contributed by atoms with Crippen LogP contribution in [0.15, 0.2) is 42.5 Å². The highest BCUT2D eigenvalue weighted by atomic mass is 16.6. The maximum Gasteiger partial charge on any atom is 0.310 e. The number of esters is 1. The van der Waals surface area contributed by atoms with E-state index in [1.165, 1.54) is 4.90 Å². The molecular weight excluding hydrogens is 418 g/mol. The van der Waals surface area contributed by atoms with Crippen LogP contribution >= 0.6 is 0 Å². The molecule has 4 rings (SSSR count). The van der Waals surface area contributed by atoms with Gasteiger partial charge in [-0.3, -0.25) is 19.2 Å². The fourth-order valence-corrected chi connectivity index (χ4v) is 4.11. The minimum atomic E-state index is -1.43. The van der Waals surface area contributed by atoms with Crippen LogP contribution in [0.3, 0.4) is 0 Å². The molecule has 10 heteroatoms. The third-order valence-corrected chi connectivity index (χ3v) is 5.77. The molecule has 2 saturated heterocycles. The fraction of sp³-hybridized carbons (Fsp3) is 0.455. The van der Waals surface area contributed by atoms with E-state index in [-0.39, 0.29) is 37.5 Å². The minimum Gasteiger partial charge on any atom is -0.434 e. The molecule has 3 amide bonds. The summed E-state index contributed by atoms with van der Waals surface area (Å²) < 4.78 is 10.2. The summed E-state index contributed by atoms with van der Waals surface area (Å²) in [5, 5.41) is 15.2. The topological polar surface area (TPSA) is 134 Å². The number of hydrogen-bond donors (Lipinski definition) is 3. The van der Waals surface area contributed by atoms with Gasteiger partial charge in [0.1, 0.15) is 18.1 Å². The van der Waals surface area contributed by atoms with E-state index < -0.39 is 36.3 Å². The molecule has 10 nitrogen and oxygen atoms in total. The van der Waals surface area contributed by atoms with E-state index >= 15 is 0 Å². The third kappa shape index (κ3) is 4.66. The quantitative estimate of drug-likeness (QED) is 0.421. The molecule has 5 atom stereocenters. The van der Waals surface area contributed by atoms with Gasteiger partial charge in [0, 0.05) is 5.56 Å². The van der Waals surface area contributed by atoms with Crippen LogP contribution in [0.4, 0.5) is 0 Å². The van der Waals surface area contributed by atoms with Gasteiger partial charge in [-0.15, -0.1) is 0 Å². The number of hydrogen-bond acceptors (Lipinski definition) is 7. The molecule has 170 valence electrons. The number of ether oxygens (including phenoxy) is 2. The van der Waals surface area contributed by atoms with E-state index in [1.807, 2.05) is 12.2 Å². The number of cyclic esters (lactones) is 1. The van der Waals surface area contributed by atoms with E-state index in [0.717, 1.165) is 0 Å². The van der Waals surface area contributed by atoms with Crippen molar-refractivity contribution < 1.29 is 33.8 Å². The maximum atomic E-state index is 13.5. The molecule has 3 heterocycles. The van der Waals surface area contributed by atoms with Gasteiger partial charge in [-0.05, 0) is 25.0 Å². The van der Waals surface area contributed by atoms with E-state index in [2.05, 4.69) is 15.4 Å². The van der Waals surface area contributed by atoms with Crippen LogP contribution in [-0.4, -0.2) is 77.4 Å². The highest BCUT2D eigenvalue weighted by Crippen LogP contribution is 2.23. The molecule has 3 N–H and O–H groups in total. The van der Waals surface area contributed by atoms with Gasteiger partial charge in [0.15, 0.2) is 0 Å². The third-order valence-electron chi connectivity index (χ3n) is 5.77. The first-order chi connectivity index (χ1) is 15.4. The van der Waals surface area contributed by atoms with Gasteiger partial charge in [0.2, 0.25) is 18.1 Å². The molecule has 0 aromatic heterocycles. The summed E-state index contributed by atoms with van der Waals surface area (Å²) in [5.41, 5.74) is 0.430. The van der Waals surface area contributed by atoms with E-state index in [4.69, 9.17) is 4.74 Å². The zero-order chi connectivity index (χ0) is 22.7. The first kappa shape index (κ1) is 22.0. The van der Waals surface area contributed by atoms with Crippen LogP contribution in [0.25, 0.3) is 0 Å². The molecule has 0 spiro atoms. The molecule has 32 heavy (non-hydrogen) atoms. The number of aliphatic hydroxyl groups excluding tert-OH is 1. The Morgan fingerprint density at radius 2 is 1.78 bits per heavy atom. The second-order valence-electron chi connectivity index (χ2n) is 7.99. The van der Waals surface area contributed by atoms with Crippen molar-refractivity contribution in [2.24, 2.45) is 0 Å². The number of carbonyl (C=O) groups is 4. The smallest absolute Gasteiger partial charge is 0.310 e. The van der Waals surface area contributed by atoms with Gasteiger partial charge < -0.3 is 30.1 Å². The van der Waals surface area contributed by atoms with Gasteiger partial charge in [0.05, 0.1) is 25.7 Å². The van der Waals surface area contributed by atoms with Crippen molar-refractivity contribution in [3.8, 4) is 0 Å². The van der Waals surface area contributed by atoms with Gasteiger partial charge in [-0.1, -0.05) is 30.4 Å². The number of aliphatic hydroxyl groups is 1. The van der Waals surface area contributed by atoms with E-state index in [1.54, 1.807) is 30.3 Å². The van der Waals surface area contributed by atoms with Crippen LogP contribution in [0.1, 0.15) is 29.6 Å². The Bertz CT molecular complexity index is 919. The fourth-order valence-electron chi connectivity index (χ4n) is 4.11. The standard InChI is InChI=1S/C22H25N3O7/c26-18-10-16(22(30)32-18)24-20(28)17-12-31-11-14-8-4-5-9-15(21(29)25(14)17)23-19(27)13-6-2-1-3-7-13/h1-7,14-17,22,30H,8-12H2,(H,23,27)(H,24,28)/t14-,15-,16?,17-,22?/m0/s1. The van der Waals surface area contributed by atoms with Crippen LogP contribution in [-0.2, 0) is 23.9 Å². The Kier molecular flexibility index (Phi) is 6.52. The normalized spacial score (nSPS) is 30.0. The molecule has 2 fully saturated rings. The second kappa shape index (κ2) is 9.49. The lowest BCUT2D eigenvalue weighted by molar-refractivity contribution is -0.159. The Labute approximate surface area is 184 Å². The summed E-state index contributed by atoms with van der Waals surface area (Å²) >= 11 is 0. The lowest BCUT2D eigenvalue weighted by atomic mass is 9.99. The summed E-state index contributed by atoms with van der Waals surface area (Å²) in [6, 6.07) is 5.48. The van der Waals surface area contributed by atoms with Crippen molar-refractivity contribution in [1.29, 1.82) is 0 Å². The van der Waals surface area contributed by atoms with Crippen LogP contribution in [0.2, 0.25) is 0 Å². The molecule has 0 aliphatic carbocycles. The molecule has 3 aliphatic rings. The number of carbonyl (C=O) groups excluding carboxylic acids is 4. The summed E-state index contributed by atoms with van der Waals surface area (Å²) in [6.45, 7) is 0.224. The lowest BCUT2D eigenvalue weighted by Crippen LogP contribution is -2.65. The summed E-state index contributed by atoms with van der Waals surface area (Å²) in [5.74, 6) is -1.93. The summed E-state index contributed by atoms with van der Waals surface area (Å²) in [6.07, 6.45) is 2.95. The zero-order valence-corrected chi connectivity index (χ0v) is 17.3. The van der Waals surface area contributed by atoms with Crippen LogP contribution in [0, 0.1) is 0 Å². The predicted octanol–water partition coefficient (Wildman–Crippen LogP) is -0.519. The first-order valence-electron chi connectivity index (χ1n) is 10.5. The Morgan fingerprint density at radius 3 is 2.50 bits per heavy atom. The average Bonchev–Trinajstić information content (AvgIpc) is 3.10. The van der Waals surface area contributed by atoms with Gasteiger partial charge in [-0.25, -0.2) is 0 Å². The molecule has 0 radical (unpaired) electrons. The molecule has 1 aromatic rings. The Hall–Kier alpha value is -3.24. The molecule has 2 unspecified atom stereocenters. The monoisotopic (exact) mass is 443 g/mol. The number of amides is 3. The molecule has 0 bridgehead atoms. The predicted molar refractivity (Wildman–Crippen MR) is 110 cm³/mol. The average molecular weight is 443 g/mol. The van der Waals surface area contributed by atoms with E-state index in [0.29, 0.717) is 18.4 Å². The number of fused-ring (bicyclic) bond motifs is 1. The van der Waals surface area contributed by atoms with Crippen molar-refractivity contribution in [2.75, 3.05) is 13.2 Å². The zero-order valence-electron chi connectivity index (χ0n) is 17.3. The maximum absolute atomic E-state index is 13.5. The Morgan fingerprint density at radius 1 is 1.03 bits per heavy atom. The lowest BCUT2D eigenvalue weighted by Gasteiger charge is -2.43.